The fraction of sp³-hybridized carbons (Fsp3) is 0.857. The van der Waals surface area contributed by atoms with Crippen molar-refractivity contribution in [1.29, 1.82) is 0 Å². The molecule has 0 heterocycles. The number of nitrogens with zero attached hydrogens (tertiary/aromatic N) is 1. The van der Waals surface area contributed by atoms with Gasteiger partial charge in [-0.2, -0.15) is 0 Å². The van der Waals surface area contributed by atoms with Gasteiger partial charge in [0.2, 0.25) is 0 Å². The normalized spacial score (nSPS) is 12.1. The lowest BCUT2D eigenvalue weighted by Crippen LogP contribution is -2.17. The van der Waals surface area contributed by atoms with Crippen molar-refractivity contribution >= 4 is 5.71 Å². The summed E-state index contributed by atoms with van der Waals surface area (Å²) in [5.74, 6) is 0. The maximum absolute atomic E-state index is 11.7. The van der Waals surface area contributed by atoms with E-state index in [9.17, 15) is 4.48 Å². The zero-order valence-corrected chi connectivity index (χ0v) is 6.65. The van der Waals surface area contributed by atoms with E-state index in [1.165, 1.54) is 0 Å². The summed E-state index contributed by atoms with van der Waals surface area (Å²) < 4.78 is 11.7. The van der Waals surface area contributed by atoms with Gasteiger partial charge in [0, 0.05) is 6.54 Å². The Morgan fingerprint density at radius 1 is 1.60 bits per heavy atom. The quantitative estimate of drug-likeness (QED) is 0.587. The molecule has 0 rings (SSSR count). The summed E-state index contributed by atoms with van der Waals surface area (Å²) in [7, 11) is 1.79. The van der Waals surface area contributed by atoms with Crippen LogP contribution in [0.3, 0.4) is 0 Å². The molecule has 10 heavy (non-hydrogen) atoms. The second kappa shape index (κ2) is 6.68. The van der Waals surface area contributed by atoms with Crippen molar-refractivity contribution in [3.05, 3.63) is 0 Å². The number of hydrogen-bond acceptors (Lipinski definition) is 2. The van der Waals surface area contributed by atoms with Gasteiger partial charge in [0.05, 0.1) is 5.71 Å². The molecule has 0 fully saturated rings. The van der Waals surface area contributed by atoms with E-state index in [-0.39, 0.29) is 0 Å². The number of nitrogens with one attached hydrogen (secondary N) is 1. The monoisotopic (exact) mass is 146 g/mol. The molecule has 0 unspecified atom stereocenters. The Morgan fingerprint density at radius 2 is 2.30 bits per heavy atom. The molecule has 0 aromatic heterocycles. The summed E-state index contributed by atoms with van der Waals surface area (Å²) in [4.78, 5) is 0. The minimum absolute atomic E-state index is 0.566. The summed E-state index contributed by atoms with van der Waals surface area (Å²) >= 11 is 0. The Bertz CT molecular complexity index is 102. The average Bonchev–Trinajstić information content (AvgIpc) is 1.98. The molecule has 0 bridgehead atoms. The molecule has 3 heteroatoms. The third-order valence-corrected chi connectivity index (χ3v) is 1.32. The Kier molecular flexibility index (Phi) is 6.38. The molecular weight excluding hydrogens is 131 g/mol. The van der Waals surface area contributed by atoms with Crippen molar-refractivity contribution in [3.63, 3.8) is 0 Å². The summed E-state index contributed by atoms with van der Waals surface area (Å²) in [6.07, 6.45) is 2.88. The number of rotatable bonds is 5. The van der Waals surface area contributed by atoms with Crippen LogP contribution in [-0.4, -0.2) is 19.3 Å². The molecule has 1 N–H and O–H groups in total. The van der Waals surface area contributed by atoms with Gasteiger partial charge >= 0.3 is 0 Å². The topological polar surface area (TPSA) is 24.4 Å². The van der Waals surface area contributed by atoms with Gasteiger partial charge in [-0.25, -0.2) is 0 Å². The summed E-state index contributed by atoms with van der Waals surface area (Å²) in [6.45, 7) is 2.64. The Hall–Kier alpha value is -0.440. The first-order valence-corrected chi connectivity index (χ1v) is 3.66. The van der Waals surface area contributed by atoms with Crippen LogP contribution in [0.2, 0.25) is 0 Å². The number of halogens is 1. The molecular formula is C7H15FN2. The lowest BCUT2D eigenvalue weighted by atomic mass is 10.2. The van der Waals surface area contributed by atoms with Gasteiger partial charge < -0.3 is 5.32 Å². The molecule has 0 radical (unpaired) electrons. The molecule has 0 aromatic rings. The maximum atomic E-state index is 11.7. The second-order valence-electron chi connectivity index (χ2n) is 2.28. The standard InChI is InChI=1S/C7H15FN2/c1-3-4-5-7(10-8)6-9-2/h9H,3-6H2,1-2H3. The van der Waals surface area contributed by atoms with Crippen LogP contribution in [0.15, 0.2) is 5.21 Å². The molecule has 0 saturated carbocycles. The van der Waals surface area contributed by atoms with Crippen LogP contribution in [0.1, 0.15) is 26.2 Å². The summed E-state index contributed by atoms with van der Waals surface area (Å²) in [6, 6.07) is 0. The highest BCUT2D eigenvalue weighted by Crippen LogP contribution is 1.96. The molecule has 0 aliphatic heterocycles. The average molecular weight is 146 g/mol. The Balaban J connectivity index is 3.41. The van der Waals surface area contributed by atoms with Crippen LogP contribution in [-0.2, 0) is 0 Å². The molecule has 0 atom stereocenters. The first-order valence-electron chi connectivity index (χ1n) is 3.66. The highest BCUT2D eigenvalue weighted by molar-refractivity contribution is 5.85. The van der Waals surface area contributed by atoms with Crippen LogP contribution in [0.25, 0.3) is 0 Å². The van der Waals surface area contributed by atoms with Gasteiger partial charge in [0.25, 0.3) is 0 Å². The minimum Gasteiger partial charge on any atom is -0.314 e. The zero-order chi connectivity index (χ0) is 7.82. The van der Waals surface area contributed by atoms with Gasteiger partial charge in [0.1, 0.15) is 0 Å². The molecule has 0 aliphatic rings. The van der Waals surface area contributed by atoms with E-state index in [1.54, 1.807) is 7.05 Å². The van der Waals surface area contributed by atoms with Crippen LogP contribution < -0.4 is 5.32 Å². The third kappa shape index (κ3) is 4.44. The van der Waals surface area contributed by atoms with Crippen molar-refractivity contribution in [1.82, 2.24) is 5.32 Å². The lowest BCUT2D eigenvalue weighted by molar-refractivity contribution is 0.529. The van der Waals surface area contributed by atoms with Gasteiger partial charge in [-0.05, 0) is 19.9 Å². The Morgan fingerprint density at radius 3 is 2.70 bits per heavy atom. The number of hydrogen-bond donors (Lipinski definition) is 1. The first kappa shape index (κ1) is 9.56. The van der Waals surface area contributed by atoms with Gasteiger partial charge in [-0.1, -0.05) is 23.0 Å². The summed E-state index contributed by atoms with van der Waals surface area (Å²) in [5.41, 5.74) is 0.615. The maximum Gasteiger partial charge on any atom is 0.0646 e. The van der Waals surface area contributed by atoms with E-state index in [2.05, 4.69) is 17.5 Å². The van der Waals surface area contributed by atoms with Crippen molar-refractivity contribution in [2.75, 3.05) is 13.6 Å². The van der Waals surface area contributed by atoms with Crippen LogP contribution >= 0.6 is 0 Å². The van der Waals surface area contributed by atoms with Crippen molar-refractivity contribution < 1.29 is 4.48 Å². The van der Waals surface area contributed by atoms with Crippen LogP contribution in [0.4, 0.5) is 4.48 Å². The predicted octanol–water partition coefficient (Wildman–Crippen LogP) is 1.72. The predicted molar refractivity (Wildman–Crippen MR) is 42.0 cm³/mol. The number of unbranched alkanes of at least 4 members (excludes halogenated alkanes) is 1. The largest absolute Gasteiger partial charge is 0.314 e. The van der Waals surface area contributed by atoms with Crippen LogP contribution in [0, 0.1) is 0 Å². The van der Waals surface area contributed by atoms with Gasteiger partial charge in [-0.15, -0.1) is 0 Å². The molecule has 0 amide bonds. The molecule has 0 saturated heterocycles. The van der Waals surface area contributed by atoms with Gasteiger partial charge in [-0.3, -0.25) is 0 Å². The second-order valence-corrected chi connectivity index (χ2v) is 2.28. The molecule has 60 valence electrons. The van der Waals surface area contributed by atoms with E-state index in [0.29, 0.717) is 12.3 Å². The minimum atomic E-state index is 0.566. The van der Waals surface area contributed by atoms with E-state index in [0.717, 1.165) is 19.3 Å². The van der Waals surface area contributed by atoms with E-state index < -0.39 is 0 Å². The highest BCUT2D eigenvalue weighted by atomic mass is 19.2. The lowest BCUT2D eigenvalue weighted by Gasteiger charge is -1.99. The SMILES string of the molecule is CCCCC(CNC)=NF. The first-order chi connectivity index (χ1) is 4.85. The van der Waals surface area contributed by atoms with Crippen molar-refractivity contribution in [2.45, 2.75) is 26.2 Å². The fourth-order valence-corrected chi connectivity index (χ4v) is 0.745. The molecule has 0 aromatic carbocycles. The third-order valence-electron chi connectivity index (χ3n) is 1.32. The zero-order valence-electron chi connectivity index (χ0n) is 6.65. The molecule has 2 nitrogen and oxygen atoms in total. The molecule has 0 spiro atoms. The van der Waals surface area contributed by atoms with Crippen molar-refractivity contribution in [3.8, 4) is 0 Å². The highest BCUT2D eigenvalue weighted by Gasteiger charge is 1.96. The summed E-state index contributed by atoms with van der Waals surface area (Å²) in [5, 5.41) is 5.53. The van der Waals surface area contributed by atoms with E-state index in [1.807, 2.05) is 0 Å². The fourth-order valence-electron chi connectivity index (χ4n) is 0.745. The van der Waals surface area contributed by atoms with E-state index >= 15 is 0 Å². The molecule has 0 aliphatic carbocycles. The smallest absolute Gasteiger partial charge is 0.0646 e. The van der Waals surface area contributed by atoms with Crippen LogP contribution in [0.5, 0.6) is 0 Å². The van der Waals surface area contributed by atoms with E-state index in [4.69, 9.17) is 0 Å². The Labute approximate surface area is 61.5 Å². The van der Waals surface area contributed by atoms with Gasteiger partial charge in [0.15, 0.2) is 0 Å². The van der Waals surface area contributed by atoms with Crippen molar-refractivity contribution in [2.24, 2.45) is 5.21 Å².